The Morgan fingerprint density at radius 1 is 0.909 bits per heavy atom. The van der Waals surface area contributed by atoms with Gasteiger partial charge in [-0.3, -0.25) is 9.80 Å². The van der Waals surface area contributed by atoms with Gasteiger partial charge in [-0.05, 0) is 20.3 Å². The molecule has 22 heavy (non-hydrogen) atoms. The van der Waals surface area contributed by atoms with Crippen LogP contribution in [0.5, 0.6) is 0 Å². The lowest BCUT2D eigenvalue weighted by molar-refractivity contribution is -1.18. The number of piperidine rings is 2. The molecule has 4 rings (SSSR count). The molecule has 4 saturated heterocycles. The lowest BCUT2D eigenvalue weighted by Crippen LogP contribution is -3.45. The van der Waals surface area contributed by atoms with Gasteiger partial charge in [0.15, 0.2) is 6.10 Å². The summed E-state index contributed by atoms with van der Waals surface area (Å²) in [6, 6.07) is 0. The fourth-order valence-electron chi connectivity index (χ4n) is 5.67. The van der Waals surface area contributed by atoms with Crippen LogP contribution in [-0.4, -0.2) is 88.9 Å². The number of hydrogen-bond acceptors (Lipinski definition) is 5. The largest absolute Gasteiger partial charge is 0.394 e. The molecule has 4 unspecified atom stereocenters. The van der Waals surface area contributed by atoms with Crippen molar-refractivity contribution in [2.75, 3.05) is 32.8 Å². The predicted molar refractivity (Wildman–Crippen MR) is 77.1 cm³/mol. The highest BCUT2D eigenvalue weighted by atomic mass is 16.4. The van der Waals surface area contributed by atoms with E-state index in [1.165, 1.54) is 16.2 Å². The van der Waals surface area contributed by atoms with Crippen LogP contribution in [0.2, 0.25) is 0 Å². The van der Waals surface area contributed by atoms with E-state index in [-0.39, 0.29) is 17.0 Å². The van der Waals surface area contributed by atoms with Crippen molar-refractivity contribution in [3.05, 3.63) is 0 Å². The molecule has 0 radical (unpaired) electrons. The SMILES string of the molecule is CC12C[NH+]3CC(C)(C[NH+](C1)C3C(O)C(O)C(O)C(O)CO)C2. The van der Waals surface area contributed by atoms with E-state index in [0.29, 0.717) is 0 Å². The van der Waals surface area contributed by atoms with E-state index in [2.05, 4.69) is 13.8 Å². The Balaban J connectivity index is 1.76. The van der Waals surface area contributed by atoms with Gasteiger partial charge in [0.25, 0.3) is 0 Å². The van der Waals surface area contributed by atoms with Crippen molar-refractivity contribution >= 4 is 0 Å². The summed E-state index contributed by atoms with van der Waals surface area (Å²) >= 11 is 0. The molecule has 7 nitrogen and oxygen atoms in total. The molecule has 4 aliphatic rings. The standard InChI is InChI=1S/C15H28N2O5/c1-14-4-15(2)7-16(5-14)13(17(6-14)8-15)12(22)11(21)10(20)9(19)3-18/h9-13,18-22H,3-8H2,1-2H3/p+2. The summed E-state index contributed by atoms with van der Waals surface area (Å²) in [6.07, 6.45) is -4.52. The van der Waals surface area contributed by atoms with E-state index in [9.17, 15) is 20.4 Å². The Morgan fingerprint density at radius 2 is 1.36 bits per heavy atom. The Labute approximate surface area is 130 Å². The third-order valence-electron chi connectivity index (χ3n) is 5.97. The van der Waals surface area contributed by atoms with Gasteiger partial charge in [0.05, 0.1) is 43.6 Å². The first-order valence-corrected chi connectivity index (χ1v) is 8.20. The second kappa shape index (κ2) is 5.37. The van der Waals surface area contributed by atoms with E-state index in [1.54, 1.807) is 0 Å². The van der Waals surface area contributed by atoms with Gasteiger partial charge in [0, 0.05) is 0 Å². The maximum atomic E-state index is 10.6. The Hall–Kier alpha value is -0.280. The molecule has 0 amide bonds. The van der Waals surface area contributed by atoms with Gasteiger partial charge in [0.1, 0.15) is 18.3 Å². The van der Waals surface area contributed by atoms with Gasteiger partial charge >= 0.3 is 0 Å². The molecule has 0 aliphatic carbocycles. The zero-order chi connectivity index (χ0) is 16.3. The van der Waals surface area contributed by atoms with Crippen molar-refractivity contribution in [3.63, 3.8) is 0 Å². The first kappa shape index (κ1) is 16.6. The normalized spacial score (nSPS) is 49.0. The van der Waals surface area contributed by atoms with Crippen LogP contribution in [0.4, 0.5) is 0 Å². The first-order chi connectivity index (χ1) is 10.2. The van der Waals surface area contributed by atoms with Gasteiger partial charge in [-0.1, -0.05) is 0 Å². The molecule has 7 heteroatoms. The summed E-state index contributed by atoms with van der Waals surface area (Å²) in [6.45, 7) is 7.84. The third-order valence-corrected chi connectivity index (χ3v) is 5.97. The van der Waals surface area contributed by atoms with Crippen molar-refractivity contribution in [2.24, 2.45) is 10.8 Å². The predicted octanol–water partition coefficient (Wildman–Crippen LogP) is -5.04. The van der Waals surface area contributed by atoms with Crippen LogP contribution in [0.3, 0.4) is 0 Å². The quantitative estimate of drug-likeness (QED) is 0.275. The maximum Gasteiger partial charge on any atom is 0.242 e. The average molecular weight is 318 g/mol. The molecule has 4 heterocycles. The topological polar surface area (TPSA) is 110 Å². The summed E-state index contributed by atoms with van der Waals surface area (Å²) in [5, 5.41) is 49.1. The van der Waals surface area contributed by atoms with Crippen molar-refractivity contribution in [1.82, 2.24) is 0 Å². The third kappa shape index (κ3) is 2.58. The van der Waals surface area contributed by atoms with Crippen molar-refractivity contribution in [1.29, 1.82) is 0 Å². The summed E-state index contributed by atoms with van der Waals surface area (Å²) in [5.41, 5.74) is 0.556. The summed E-state index contributed by atoms with van der Waals surface area (Å²) in [7, 11) is 0. The fourth-order valence-corrected chi connectivity index (χ4v) is 5.67. The second-order valence-corrected chi connectivity index (χ2v) is 8.52. The number of aliphatic hydroxyl groups is 5. The van der Waals surface area contributed by atoms with E-state index in [0.717, 1.165) is 26.2 Å². The smallest absolute Gasteiger partial charge is 0.242 e. The highest BCUT2D eigenvalue weighted by molar-refractivity contribution is 4.94. The number of aliphatic hydroxyl groups excluding tert-OH is 5. The molecule has 4 bridgehead atoms. The van der Waals surface area contributed by atoms with Gasteiger partial charge in [-0.25, -0.2) is 0 Å². The lowest BCUT2D eigenvalue weighted by Gasteiger charge is -2.61. The van der Waals surface area contributed by atoms with Gasteiger partial charge in [-0.2, -0.15) is 0 Å². The van der Waals surface area contributed by atoms with Crippen molar-refractivity contribution in [2.45, 2.75) is 50.8 Å². The average Bonchev–Trinajstić information content (AvgIpc) is 2.41. The summed E-state index contributed by atoms with van der Waals surface area (Å²) in [5.74, 6) is 0. The van der Waals surface area contributed by atoms with E-state index < -0.39 is 31.0 Å². The monoisotopic (exact) mass is 318 g/mol. The Kier molecular flexibility index (Phi) is 4.05. The Morgan fingerprint density at radius 3 is 1.77 bits per heavy atom. The minimum atomic E-state index is -1.54. The number of quaternary nitrogens is 2. The molecule has 4 aliphatic heterocycles. The fraction of sp³-hybridized carbons (Fsp3) is 1.00. The molecule has 4 fully saturated rings. The second-order valence-electron chi connectivity index (χ2n) is 8.52. The molecule has 128 valence electrons. The minimum Gasteiger partial charge on any atom is -0.394 e. The van der Waals surface area contributed by atoms with Gasteiger partial charge < -0.3 is 25.5 Å². The van der Waals surface area contributed by atoms with E-state index in [1.807, 2.05) is 0 Å². The number of hydrogen-bond donors (Lipinski definition) is 7. The van der Waals surface area contributed by atoms with E-state index in [4.69, 9.17) is 5.11 Å². The van der Waals surface area contributed by atoms with Crippen LogP contribution in [0, 0.1) is 10.8 Å². The summed E-state index contributed by atoms with van der Waals surface area (Å²) in [4.78, 5) is 2.56. The number of nitrogens with one attached hydrogen (secondary N) is 2. The molecule has 4 atom stereocenters. The van der Waals surface area contributed by atoms with Crippen LogP contribution in [0.25, 0.3) is 0 Å². The van der Waals surface area contributed by atoms with Crippen molar-refractivity contribution in [3.8, 4) is 0 Å². The molecule has 0 aromatic rings. The first-order valence-electron chi connectivity index (χ1n) is 8.20. The van der Waals surface area contributed by atoms with Crippen LogP contribution in [0.15, 0.2) is 0 Å². The van der Waals surface area contributed by atoms with Gasteiger partial charge in [0.2, 0.25) is 6.17 Å². The minimum absolute atomic E-state index is 0.183. The van der Waals surface area contributed by atoms with Crippen LogP contribution < -0.4 is 9.80 Å². The van der Waals surface area contributed by atoms with Crippen LogP contribution in [-0.2, 0) is 0 Å². The maximum absolute atomic E-state index is 10.6. The zero-order valence-electron chi connectivity index (χ0n) is 13.4. The molecule has 0 saturated carbocycles. The zero-order valence-corrected chi connectivity index (χ0v) is 13.4. The van der Waals surface area contributed by atoms with Gasteiger partial charge in [-0.15, -0.1) is 0 Å². The van der Waals surface area contributed by atoms with Crippen LogP contribution >= 0.6 is 0 Å². The highest BCUT2D eigenvalue weighted by Gasteiger charge is 2.64. The molecular formula is C15H30N2O5+2. The molecule has 0 aromatic heterocycles. The van der Waals surface area contributed by atoms with Crippen molar-refractivity contribution < 1.29 is 35.3 Å². The molecular weight excluding hydrogens is 288 g/mol. The summed E-state index contributed by atoms with van der Waals surface area (Å²) < 4.78 is 0. The van der Waals surface area contributed by atoms with Crippen LogP contribution in [0.1, 0.15) is 20.3 Å². The molecule has 7 N–H and O–H groups in total. The Bertz CT molecular complexity index is 398. The number of rotatable bonds is 5. The molecule has 0 aromatic carbocycles. The highest BCUT2D eigenvalue weighted by Crippen LogP contribution is 2.38. The lowest BCUT2D eigenvalue weighted by atomic mass is 9.63. The molecule has 0 spiro atoms. The van der Waals surface area contributed by atoms with E-state index >= 15 is 0 Å².